The van der Waals surface area contributed by atoms with E-state index in [2.05, 4.69) is 62.5 Å². The quantitative estimate of drug-likeness (QED) is 0.0195. The van der Waals surface area contributed by atoms with Crippen LogP contribution in [-0.4, -0.2) is 70.0 Å². The molecule has 0 bridgehead atoms. The molecule has 0 N–H and O–H groups in total. The Labute approximate surface area is 598 Å². The second kappa shape index (κ2) is 77.1. The molecule has 0 saturated carbocycles. The lowest BCUT2D eigenvalue weighted by molar-refractivity contribution is -0.870. The van der Waals surface area contributed by atoms with Crippen LogP contribution < -0.4 is 4.89 Å². The van der Waals surface area contributed by atoms with Crippen LogP contribution in [0.15, 0.2) is 48.6 Å². The second-order valence-electron chi connectivity index (χ2n) is 30.2. The first kappa shape index (κ1) is 94.0. The average molecular weight is 1370 g/mol. The van der Waals surface area contributed by atoms with E-state index >= 15 is 0 Å². The highest BCUT2D eigenvalue weighted by molar-refractivity contribution is 7.45. The predicted octanol–water partition coefficient (Wildman–Crippen LogP) is 27.7. The first-order chi connectivity index (χ1) is 47.0. The molecule has 0 aliphatic carbocycles. The number of quaternary nitrogens is 1. The lowest BCUT2D eigenvalue weighted by Crippen LogP contribution is -2.37. The molecule has 96 heavy (non-hydrogen) atoms. The van der Waals surface area contributed by atoms with E-state index in [-0.39, 0.29) is 32.0 Å². The second-order valence-corrected chi connectivity index (χ2v) is 31.6. The van der Waals surface area contributed by atoms with E-state index < -0.39 is 26.5 Å². The van der Waals surface area contributed by atoms with Crippen molar-refractivity contribution >= 4 is 19.8 Å². The lowest BCUT2D eigenvalue weighted by atomic mass is 10.0. The molecule has 0 heterocycles. The van der Waals surface area contributed by atoms with Gasteiger partial charge in [0.1, 0.15) is 19.8 Å². The van der Waals surface area contributed by atoms with Gasteiger partial charge in [0.15, 0.2) is 6.10 Å². The van der Waals surface area contributed by atoms with E-state index in [1.807, 2.05) is 21.1 Å². The van der Waals surface area contributed by atoms with Crippen molar-refractivity contribution in [2.24, 2.45) is 0 Å². The summed E-state index contributed by atoms with van der Waals surface area (Å²) in [6.07, 6.45) is 103. The fourth-order valence-electron chi connectivity index (χ4n) is 12.8. The Kier molecular flexibility index (Phi) is 75.5. The summed E-state index contributed by atoms with van der Waals surface area (Å²) in [6, 6.07) is 0. The molecule has 0 spiro atoms. The minimum absolute atomic E-state index is 0.0284. The van der Waals surface area contributed by atoms with Crippen molar-refractivity contribution in [3.8, 4) is 0 Å². The third-order valence-electron chi connectivity index (χ3n) is 19.3. The van der Waals surface area contributed by atoms with Gasteiger partial charge >= 0.3 is 11.9 Å². The van der Waals surface area contributed by atoms with Crippen LogP contribution in [0.4, 0.5) is 0 Å². The van der Waals surface area contributed by atoms with E-state index in [0.717, 1.165) is 51.4 Å². The topological polar surface area (TPSA) is 111 Å². The molecule has 0 aliphatic heterocycles. The Hall–Kier alpha value is -2.03. The number of rotatable bonds is 80. The normalized spacial score (nSPS) is 13.2. The Morgan fingerprint density at radius 1 is 0.323 bits per heavy atom. The summed E-state index contributed by atoms with van der Waals surface area (Å²) in [4.78, 5) is 38.2. The number of phosphoric ester groups is 1. The van der Waals surface area contributed by atoms with E-state index in [0.29, 0.717) is 17.4 Å². The van der Waals surface area contributed by atoms with Gasteiger partial charge in [-0.1, -0.05) is 396 Å². The lowest BCUT2D eigenvalue weighted by Gasteiger charge is -2.28. The minimum Gasteiger partial charge on any atom is -0.756 e. The number of hydrogen-bond donors (Lipinski definition) is 0. The number of esters is 2. The third kappa shape index (κ3) is 80.9. The van der Waals surface area contributed by atoms with Crippen LogP contribution in [0.2, 0.25) is 0 Å². The van der Waals surface area contributed by atoms with Gasteiger partial charge in [-0.3, -0.25) is 14.2 Å². The standard InChI is InChI=1S/C86H164NO8P/c1-6-8-10-12-14-16-18-20-22-24-26-28-30-32-34-36-38-39-40-41-42-43-44-45-46-47-49-50-52-54-56-58-60-62-64-66-68-70-72-74-76-78-85(88)92-82-84(83-94-96(90,91)93-81-80-87(3,4)5)95-86(89)79-77-75-73-71-69-67-65-63-61-59-57-55-53-51-48-37-35-33-31-29-27-25-23-21-19-17-15-13-11-9-7-2/h19,21,24-27,31,33,84H,6-18,20,22-23,28-30,32,34-83H2,1-5H3/b21-19-,26-24-,27-25-,33-31-. The SMILES string of the molecule is CCCCCCC/C=C\C/C=C\C/C=C\CCCCCCCCCCCCCCCCCCC(=O)OC(COC(=O)CCCCCCCCCCCCCCCCCCCCCCCCCCCCCCC/C=C\CCCCCCCCCC)COP(=O)([O-])OCC[N+](C)(C)C. The zero-order valence-electron chi connectivity index (χ0n) is 64.9. The molecule has 0 aromatic carbocycles. The fraction of sp³-hybridized carbons (Fsp3) is 0.884. The molecule has 0 aliphatic rings. The maximum absolute atomic E-state index is 12.9. The smallest absolute Gasteiger partial charge is 0.306 e. The zero-order chi connectivity index (χ0) is 69.7. The predicted molar refractivity (Wildman–Crippen MR) is 416 cm³/mol. The van der Waals surface area contributed by atoms with Gasteiger partial charge in [0.2, 0.25) is 0 Å². The summed E-state index contributed by atoms with van der Waals surface area (Å²) in [6.45, 7) is 4.30. The van der Waals surface area contributed by atoms with Crippen LogP contribution in [0.25, 0.3) is 0 Å². The average Bonchev–Trinajstić information content (AvgIpc) is 1.97. The molecular formula is C86H164NO8P. The van der Waals surface area contributed by atoms with Crippen molar-refractivity contribution in [3.63, 3.8) is 0 Å². The molecule has 2 unspecified atom stereocenters. The highest BCUT2D eigenvalue weighted by Gasteiger charge is 2.22. The Balaban J connectivity index is 3.86. The van der Waals surface area contributed by atoms with E-state index in [4.69, 9.17) is 18.5 Å². The zero-order valence-corrected chi connectivity index (χ0v) is 65.7. The van der Waals surface area contributed by atoms with Gasteiger partial charge in [0.25, 0.3) is 7.82 Å². The van der Waals surface area contributed by atoms with Gasteiger partial charge < -0.3 is 27.9 Å². The summed E-state index contributed by atoms with van der Waals surface area (Å²) in [5, 5.41) is 0. The number of allylic oxidation sites excluding steroid dienone is 8. The van der Waals surface area contributed by atoms with Gasteiger partial charge in [-0.05, 0) is 77.0 Å². The van der Waals surface area contributed by atoms with Crippen LogP contribution >= 0.6 is 7.82 Å². The van der Waals surface area contributed by atoms with Gasteiger partial charge in [-0.15, -0.1) is 0 Å². The van der Waals surface area contributed by atoms with Gasteiger partial charge in [0.05, 0.1) is 27.7 Å². The molecule has 0 saturated heterocycles. The number of hydrogen-bond acceptors (Lipinski definition) is 8. The minimum atomic E-state index is -4.64. The summed E-state index contributed by atoms with van der Waals surface area (Å²) < 4.78 is 34.4. The molecule has 2 atom stereocenters. The number of phosphoric acid groups is 1. The molecule has 9 nitrogen and oxygen atoms in total. The fourth-order valence-corrected chi connectivity index (χ4v) is 13.6. The van der Waals surface area contributed by atoms with Crippen molar-refractivity contribution in [2.75, 3.05) is 47.5 Å². The number of carbonyl (C=O) groups excluding carboxylic acids is 2. The van der Waals surface area contributed by atoms with Gasteiger partial charge in [-0.25, -0.2) is 0 Å². The molecular weight excluding hydrogens is 1210 g/mol. The highest BCUT2D eigenvalue weighted by atomic mass is 31.2. The molecule has 0 aromatic heterocycles. The maximum atomic E-state index is 12.9. The first-order valence-corrected chi connectivity index (χ1v) is 43.8. The van der Waals surface area contributed by atoms with E-state index in [1.54, 1.807) is 0 Å². The monoisotopic (exact) mass is 1370 g/mol. The Morgan fingerprint density at radius 2 is 0.562 bits per heavy atom. The first-order valence-electron chi connectivity index (χ1n) is 42.3. The number of nitrogens with zero attached hydrogens (tertiary/aromatic N) is 1. The van der Waals surface area contributed by atoms with Crippen molar-refractivity contribution in [3.05, 3.63) is 48.6 Å². The molecule has 0 amide bonds. The summed E-state index contributed by atoms with van der Waals surface area (Å²) in [7, 11) is 1.19. The molecule has 0 aromatic rings. The van der Waals surface area contributed by atoms with Crippen molar-refractivity contribution in [2.45, 2.75) is 444 Å². The molecule has 10 heteroatoms. The van der Waals surface area contributed by atoms with Crippen molar-refractivity contribution in [1.82, 2.24) is 0 Å². The van der Waals surface area contributed by atoms with Crippen LogP contribution in [0.5, 0.6) is 0 Å². The molecule has 0 rings (SSSR count). The van der Waals surface area contributed by atoms with E-state index in [9.17, 15) is 19.0 Å². The van der Waals surface area contributed by atoms with E-state index in [1.165, 1.54) is 353 Å². The van der Waals surface area contributed by atoms with Crippen LogP contribution in [-0.2, 0) is 32.7 Å². The largest absolute Gasteiger partial charge is 0.756 e. The summed E-state index contributed by atoms with van der Waals surface area (Å²) in [5.41, 5.74) is 0. The van der Waals surface area contributed by atoms with Gasteiger partial charge in [-0.2, -0.15) is 0 Å². The van der Waals surface area contributed by atoms with Gasteiger partial charge in [0, 0.05) is 12.8 Å². The Bertz CT molecular complexity index is 1760. The number of unbranched alkanes of at least 4 members (excludes halogenated alkanes) is 58. The Morgan fingerprint density at radius 3 is 0.844 bits per heavy atom. The van der Waals surface area contributed by atoms with Crippen molar-refractivity contribution < 1.29 is 42.1 Å². The van der Waals surface area contributed by atoms with Crippen LogP contribution in [0.1, 0.15) is 438 Å². The number of carbonyl (C=O) groups is 2. The number of likely N-dealkylation sites (N-methyl/N-ethyl adjacent to an activating group) is 1. The van der Waals surface area contributed by atoms with Crippen molar-refractivity contribution in [1.29, 1.82) is 0 Å². The highest BCUT2D eigenvalue weighted by Crippen LogP contribution is 2.38. The molecule has 0 fully saturated rings. The summed E-state index contributed by atoms with van der Waals surface area (Å²) in [5.74, 6) is -0.810. The molecule has 0 radical (unpaired) electrons. The number of ether oxygens (including phenoxy) is 2. The van der Waals surface area contributed by atoms with Crippen LogP contribution in [0, 0.1) is 0 Å². The third-order valence-corrected chi connectivity index (χ3v) is 20.3. The van der Waals surface area contributed by atoms with Crippen LogP contribution in [0.3, 0.4) is 0 Å². The maximum Gasteiger partial charge on any atom is 0.306 e. The molecule has 566 valence electrons. The summed E-state index contributed by atoms with van der Waals surface area (Å²) >= 11 is 0.